The summed E-state index contributed by atoms with van der Waals surface area (Å²) < 4.78 is 5.55. The highest BCUT2D eigenvalue weighted by atomic mass is 32.2. The number of carbonyl (C=O) groups excluding carboxylic acids is 1. The quantitative estimate of drug-likeness (QED) is 0.792. The molecule has 0 saturated carbocycles. The van der Waals surface area contributed by atoms with E-state index in [-0.39, 0.29) is 18.1 Å². The lowest BCUT2D eigenvalue weighted by atomic mass is 10.1. The molecule has 5 heteroatoms. The summed E-state index contributed by atoms with van der Waals surface area (Å²) in [7, 11) is 0. The maximum Gasteiger partial charge on any atom is 0.224 e. The number of nitrogens with zero attached hydrogens (tertiary/aromatic N) is 1. The highest BCUT2D eigenvalue weighted by Crippen LogP contribution is 2.17. The maximum absolute atomic E-state index is 12.2. The summed E-state index contributed by atoms with van der Waals surface area (Å²) in [6.45, 7) is 6.55. The lowest BCUT2D eigenvalue weighted by Crippen LogP contribution is -2.53. The average Bonchev–Trinajstić information content (AvgIpc) is 2.34. The van der Waals surface area contributed by atoms with E-state index in [2.05, 4.69) is 12.2 Å². The third kappa shape index (κ3) is 3.36. The highest BCUT2D eigenvalue weighted by molar-refractivity contribution is 7.99. The number of nitrogens with one attached hydrogen (secondary N) is 1. The van der Waals surface area contributed by atoms with Crippen molar-refractivity contribution in [3.05, 3.63) is 0 Å². The fraction of sp³-hybridized carbons (Fsp3) is 0.917. The van der Waals surface area contributed by atoms with Gasteiger partial charge in [0.25, 0.3) is 0 Å². The van der Waals surface area contributed by atoms with Crippen LogP contribution in [0.3, 0.4) is 0 Å². The predicted octanol–water partition coefficient (Wildman–Crippen LogP) is 0.717. The van der Waals surface area contributed by atoms with Gasteiger partial charge in [-0.1, -0.05) is 0 Å². The highest BCUT2D eigenvalue weighted by Gasteiger charge is 2.30. The SMILES string of the molecule is C[C@@H]1OCCN(C(=O)C[C@H]2CSCCN2)[C@@H]1C. The summed E-state index contributed by atoms with van der Waals surface area (Å²) in [6, 6.07) is 0.555. The van der Waals surface area contributed by atoms with Crippen molar-refractivity contribution in [1.82, 2.24) is 10.2 Å². The number of ether oxygens (including phenoxy) is 1. The molecule has 4 nitrogen and oxygen atoms in total. The van der Waals surface area contributed by atoms with Crippen LogP contribution in [-0.4, -0.2) is 60.2 Å². The van der Waals surface area contributed by atoms with E-state index in [0.717, 1.165) is 24.6 Å². The Kier molecular flexibility index (Phi) is 4.70. The topological polar surface area (TPSA) is 41.6 Å². The number of amides is 1. The van der Waals surface area contributed by atoms with Crippen LogP contribution in [0.4, 0.5) is 0 Å². The summed E-state index contributed by atoms with van der Waals surface area (Å²) in [5.74, 6) is 2.49. The molecule has 2 saturated heterocycles. The molecule has 0 unspecified atom stereocenters. The van der Waals surface area contributed by atoms with Crippen LogP contribution in [0.25, 0.3) is 0 Å². The smallest absolute Gasteiger partial charge is 0.224 e. The van der Waals surface area contributed by atoms with E-state index in [1.54, 1.807) is 0 Å². The minimum atomic E-state index is 0.154. The van der Waals surface area contributed by atoms with Crippen LogP contribution in [0.2, 0.25) is 0 Å². The molecule has 0 spiro atoms. The Morgan fingerprint density at radius 3 is 3.06 bits per heavy atom. The lowest BCUT2D eigenvalue weighted by Gasteiger charge is -2.38. The summed E-state index contributed by atoms with van der Waals surface area (Å²) in [4.78, 5) is 14.2. The molecule has 0 aliphatic carbocycles. The van der Waals surface area contributed by atoms with Crippen LogP contribution < -0.4 is 5.32 Å². The molecule has 1 N–H and O–H groups in total. The van der Waals surface area contributed by atoms with Gasteiger partial charge in [0.15, 0.2) is 0 Å². The summed E-state index contributed by atoms with van der Waals surface area (Å²) in [5.41, 5.74) is 0. The van der Waals surface area contributed by atoms with E-state index in [9.17, 15) is 4.79 Å². The van der Waals surface area contributed by atoms with Gasteiger partial charge in [0.05, 0.1) is 18.8 Å². The summed E-state index contributed by atoms with van der Waals surface area (Å²) in [5, 5.41) is 3.42. The van der Waals surface area contributed by atoms with Gasteiger partial charge >= 0.3 is 0 Å². The molecule has 0 aromatic carbocycles. The van der Waals surface area contributed by atoms with E-state index in [1.807, 2.05) is 23.6 Å². The molecule has 17 heavy (non-hydrogen) atoms. The fourth-order valence-corrected chi connectivity index (χ4v) is 3.31. The van der Waals surface area contributed by atoms with Crippen LogP contribution in [0, 0.1) is 0 Å². The Morgan fingerprint density at radius 2 is 2.35 bits per heavy atom. The van der Waals surface area contributed by atoms with Gasteiger partial charge in [0.2, 0.25) is 5.91 Å². The molecule has 0 bridgehead atoms. The Labute approximate surface area is 107 Å². The van der Waals surface area contributed by atoms with Gasteiger partial charge in [-0.3, -0.25) is 4.79 Å². The molecule has 2 heterocycles. The zero-order chi connectivity index (χ0) is 12.3. The lowest BCUT2D eigenvalue weighted by molar-refractivity contribution is -0.144. The number of hydrogen-bond donors (Lipinski definition) is 1. The second-order valence-electron chi connectivity index (χ2n) is 4.83. The van der Waals surface area contributed by atoms with Crippen molar-refractivity contribution in [1.29, 1.82) is 0 Å². The zero-order valence-electron chi connectivity index (χ0n) is 10.6. The maximum atomic E-state index is 12.2. The third-order valence-corrected chi connectivity index (χ3v) is 4.75. The molecule has 0 radical (unpaired) electrons. The molecule has 0 aromatic rings. The van der Waals surface area contributed by atoms with Crippen LogP contribution in [0.15, 0.2) is 0 Å². The van der Waals surface area contributed by atoms with Gasteiger partial charge in [-0.05, 0) is 13.8 Å². The van der Waals surface area contributed by atoms with Gasteiger partial charge in [-0.15, -0.1) is 0 Å². The Balaban J connectivity index is 1.85. The molecule has 98 valence electrons. The first-order valence-corrected chi connectivity index (χ1v) is 7.56. The van der Waals surface area contributed by atoms with Gasteiger partial charge in [-0.25, -0.2) is 0 Å². The molecular formula is C12H22N2O2S. The van der Waals surface area contributed by atoms with Crippen molar-refractivity contribution in [3.63, 3.8) is 0 Å². The molecule has 0 aromatic heterocycles. The Morgan fingerprint density at radius 1 is 1.53 bits per heavy atom. The first-order chi connectivity index (χ1) is 8.18. The summed E-state index contributed by atoms with van der Waals surface area (Å²) in [6.07, 6.45) is 0.783. The molecule has 2 rings (SSSR count). The second-order valence-corrected chi connectivity index (χ2v) is 5.98. The molecule has 2 aliphatic rings. The van der Waals surface area contributed by atoms with E-state index in [1.165, 1.54) is 0 Å². The van der Waals surface area contributed by atoms with Crippen LogP contribution >= 0.6 is 11.8 Å². The van der Waals surface area contributed by atoms with E-state index in [0.29, 0.717) is 19.1 Å². The molecular weight excluding hydrogens is 236 g/mol. The van der Waals surface area contributed by atoms with Gasteiger partial charge in [0.1, 0.15) is 0 Å². The van der Waals surface area contributed by atoms with Crippen LogP contribution in [0.5, 0.6) is 0 Å². The fourth-order valence-electron chi connectivity index (χ4n) is 2.36. The first-order valence-electron chi connectivity index (χ1n) is 6.40. The molecule has 3 atom stereocenters. The second kappa shape index (κ2) is 6.07. The van der Waals surface area contributed by atoms with Gasteiger partial charge in [-0.2, -0.15) is 11.8 Å². The van der Waals surface area contributed by atoms with Crippen molar-refractivity contribution in [3.8, 4) is 0 Å². The van der Waals surface area contributed by atoms with E-state index < -0.39 is 0 Å². The Hall–Kier alpha value is -0.260. The summed E-state index contributed by atoms with van der Waals surface area (Å²) >= 11 is 1.94. The van der Waals surface area contributed by atoms with Crippen molar-refractivity contribution in [2.75, 3.05) is 31.2 Å². The number of hydrogen-bond acceptors (Lipinski definition) is 4. The van der Waals surface area contributed by atoms with Crippen LogP contribution in [0.1, 0.15) is 20.3 Å². The average molecular weight is 258 g/mol. The standard InChI is InChI=1S/C12H22N2O2S/c1-9-10(2)16-5-4-14(9)12(15)7-11-8-17-6-3-13-11/h9-11,13H,3-8H2,1-2H3/t9-,10+,11+/m1/s1. The number of rotatable bonds is 2. The van der Waals surface area contributed by atoms with E-state index in [4.69, 9.17) is 4.74 Å². The minimum absolute atomic E-state index is 0.154. The number of thioether (sulfide) groups is 1. The normalized spacial score (nSPS) is 34.7. The van der Waals surface area contributed by atoms with Crippen LogP contribution in [-0.2, 0) is 9.53 Å². The molecule has 2 aliphatic heterocycles. The Bertz CT molecular complexity index is 269. The third-order valence-electron chi connectivity index (χ3n) is 3.62. The predicted molar refractivity (Wildman–Crippen MR) is 70.3 cm³/mol. The molecule has 1 amide bonds. The number of carbonyl (C=O) groups is 1. The van der Waals surface area contributed by atoms with E-state index >= 15 is 0 Å². The van der Waals surface area contributed by atoms with Crippen molar-refractivity contribution >= 4 is 17.7 Å². The largest absolute Gasteiger partial charge is 0.375 e. The zero-order valence-corrected chi connectivity index (χ0v) is 11.5. The number of morpholine rings is 1. The minimum Gasteiger partial charge on any atom is -0.375 e. The molecule has 2 fully saturated rings. The monoisotopic (exact) mass is 258 g/mol. The van der Waals surface area contributed by atoms with Crippen molar-refractivity contribution in [2.24, 2.45) is 0 Å². The van der Waals surface area contributed by atoms with Crippen molar-refractivity contribution in [2.45, 2.75) is 38.5 Å². The van der Waals surface area contributed by atoms with Gasteiger partial charge < -0.3 is 15.0 Å². The first kappa shape index (κ1) is 13.2. The van der Waals surface area contributed by atoms with Gasteiger partial charge in [0, 0.05) is 37.1 Å². The van der Waals surface area contributed by atoms with Crippen molar-refractivity contribution < 1.29 is 9.53 Å².